The Bertz CT molecular complexity index is 1150. The normalized spacial score (nSPS) is 25.0. The predicted octanol–water partition coefficient (Wildman–Crippen LogP) is 0.741. The maximum absolute atomic E-state index is 13.7. The topological polar surface area (TPSA) is 158 Å². The van der Waals surface area contributed by atoms with Crippen LogP contribution in [0.2, 0.25) is 0 Å². The molecule has 4 atom stereocenters. The van der Waals surface area contributed by atoms with Crippen LogP contribution in [0.25, 0.3) is 0 Å². The third kappa shape index (κ3) is 10.2. The summed E-state index contributed by atoms with van der Waals surface area (Å²) in [5.41, 5.74) is 0.776. The zero-order valence-electron chi connectivity index (χ0n) is 26.9. The second-order valence-electron chi connectivity index (χ2n) is 12.7. The smallest absolute Gasteiger partial charge is 0.243 e. The first-order valence-corrected chi connectivity index (χ1v) is 15.7. The first kappa shape index (κ1) is 34.8. The molecule has 0 aromatic heterocycles. The monoisotopic (exact) mass is 614 g/mol. The molecule has 3 rings (SSSR count). The number of methoxy groups -OCH3 is 1. The molecule has 2 fully saturated rings. The van der Waals surface area contributed by atoms with Crippen LogP contribution in [0.4, 0.5) is 0 Å². The highest BCUT2D eigenvalue weighted by molar-refractivity contribution is 5.95. The van der Waals surface area contributed by atoms with Crippen molar-refractivity contribution < 1.29 is 28.7 Å². The van der Waals surface area contributed by atoms with Crippen LogP contribution in [0.1, 0.15) is 59.4 Å². The van der Waals surface area contributed by atoms with Gasteiger partial charge in [0.25, 0.3) is 0 Å². The van der Waals surface area contributed by atoms with Crippen LogP contribution >= 0.6 is 0 Å². The van der Waals surface area contributed by atoms with Crippen molar-refractivity contribution in [3.63, 3.8) is 0 Å². The lowest BCUT2D eigenvalue weighted by Crippen LogP contribution is -2.57. The Kier molecular flexibility index (Phi) is 13.0. The van der Waals surface area contributed by atoms with Crippen LogP contribution in [-0.4, -0.2) is 91.9 Å². The molecule has 5 N–H and O–H groups in total. The highest BCUT2D eigenvalue weighted by Gasteiger charge is 2.34. The van der Waals surface area contributed by atoms with E-state index in [0.717, 1.165) is 5.56 Å². The fourth-order valence-corrected chi connectivity index (χ4v) is 5.50. The largest absolute Gasteiger partial charge is 0.497 e. The van der Waals surface area contributed by atoms with Crippen LogP contribution in [0, 0.1) is 17.8 Å². The molecule has 0 aliphatic carbocycles. The average molecular weight is 615 g/mol. The van der Waals surface area contributed by atoms with Gasteiger partial charge in [-0.2, -0.15) is 0 Å². The molecule has 2 saturated heterocycles. The van der Waals surface area contributed by atoms with E-state index in [9.17, 15) is 24.0 Å². The van der Waals surface area contributed by atoms with Gasteiger partial charge in [-0.1, -0.05) is 39.8 Å². The Balaban J connectivity index is 1.95. The van der Waals surface area contributed by atoms with Crippen molar-refractivity contribution >= 4 is 29.5 Å². The third-order valence-electron chi connectivity index (χ3n) is 8.23. The second-order valence-corrected chi connectivity index (χ2v) is 12.7. The summed E-state index contributed by atoms with van der Waals surface area (Å²) >= 11 is 0. The quantitative estimate of drug-likeness (QED) is 0.303. The van der Waals surface area contributed by atoms with Crippen molar-refractivity contribution in [2.24, 2.45) is 17.8 Å². The van der Waals surface area contributed by atoms with E-state index in [2.05, 4.69) is 26.6 Å². The number of piperidine rings is 1. The van der Waals surface area contributed by atoms with Gasteiger partial charge in [-0.3, -0.25) is 24.0 Å². The highest BCUT2D eigenvalue weighted by atomic mass is 16.5. The predicted molar refractivity (Wildman–Crippen MR) is 167 cm³/mol. The van der Waals surface area contributed by atoms with Gasteiger partial charge in [0.2, 0.25) is 29.5 Å². The molecule has 0 bridgehead atoms. The highest BCUT2D eigenvalue weighted by Crippen LogP contribution is 2.18. The minimum atomic E-state index is -1.01. The molecule has 0 unspecified atom stereocenters. The summed E-state index contributed by atoms with van der Waals surface area (Å²) in [5, 5.41) is 14.7. The fraction of sp³-hybridized carbons (Fsp3) is 0.656. The Labute approximate surface area is 260 Å². The first-order chi connectivity index (χ1) is 20.9. The Morgan fingerprint density at radius 2 is 1.52 bits per heavy atom. The zero-order valence-corrected chi connectivity index (χ0v) is 26.9. The van der Waals surface area contributed by atoms with Crippen molar-refractivity contribution in [1.29, 1.82) is 0 Å². The zero-order chi connectivity index (χ0) is 32.4. The van der Waals surface area contributed by atoms with Crippen LogP contribution in [0.15, 0.2) is 24.3 Å². The van der Waals surface area contributed by atoms with Gasteiger partial charge in [0.15, 0.2) is 0 Å². The Morgan fingerprint density at radius 3 is 2.11 bits per heavy atom. The molecule has 244 valence electrons. The van der Waals surface area contributed by atoms with E-state index in [1.54, 1.807) is 38.3 Å². The summed E-state index contributed by atoms with van der Waals surface area (Å²) in [4.78, 5) is 69.1. The van der Waals surface area contributed by atoms with E-state index in [0.29, 0.717) is 38.1 Å². The van der Waals surface area contributed by atoms with Crippen LogP contribution < -0.4 is 31.3 Å². The molecule has 0 saturated carbocycles. The number of ether oxygens (including phenoxy) is 1. The van der Waals surface area contributed by atoms with E-state index in [-0.39, 0.29) is 43.2 Å². The number of amides is 5. The molecule has 1 aromatic carbocycles. The SMILES string of the molecule is COc1ccc(C[C@@H]2NC(=O)[C@H](CC(C)C)NC(=O)CN(C(=O)C3CCNCC3)C[C@H](C(C)C)NC(=O)[C@@H](C)NC2=O)cc1. The Hall–Kier alpha value is -3.67. The molecule has 2 heterocycles. The minimum absolute atomic E-state index is 0.0571. The summed E-state index contributed by atoms with van der Waals surface area (Å²) in [6.45, 7) is 10.6. The van der Waals surface area contributed by atoms with Crippen molar-refractivity contribution in [1.82, 2.24) is 31.5 Å². The van der Waals surface area contributed by atoms with Crippen LogP contribution in [-0.2, 0) is 30.4 Å². The van der Waals surface area contributed by atoms with Crippen molar-refractivity contribution in [3.05, 3.63) is 29.8 Å². The summed E-state index contributed by atoms with van der Waals surface area (Å²) in [7, 11) is 1.56. The third-order valence-corrected chi connectivity index (χ3v) is 8.23. The molecule has 2 aliphatic heterocycles. The van der Waals surface area contributed by atoms with Crippen molar-refractivity contribution in [2.75, 3.05) is 33.3 Å². The number of hydrogen-bond acceptors (Lipinski definition) is 7. The minimum Gasteiger partial charge on any atom is -0.497 e. The summed E-state index contributed by atoms with van der Waals surface area (Å²) in [5.74, 6) is -1.65. The van der Waals surface area contributed by atoms with Gasteiger partial charge >= 0.3 is 0 Å². The number of carbonyl (C=O) groups excluding carboxylic acids is 5. The number of hydrogen-bond donors (Lipinski definition) is 5. The molecule has 44 heavy (non-hydrogen) atoms. The second kappa shape index (κ2) is 16.4. The van der Waals surface area contributed by atoms with Gasteiger partial charge in [-0.25, -0.2) is 0 Å². The van der Waals surface area contributed by atoms with Gasteiger partial charge in [0.05, 0.1) is 13.7 Å². The van der Waals surface area contributed by atoms with Crippen LogP contribution in [0.5, 0.6) is 5.75 Å². The summed E-state index contributed by atoms with van der Waals surface area (Å²) in [6, 6.07) is 3.83. The van der Waals surface area contributed by atoms with E-state index < -0.39 is 47.8 Å². The molecule has 2 aliphatic rings. The van der Waals surface area contributed by atoms with Gasteiger partial charge in [-0.05, 0) is 68.8 Å². The number of carbonyl (C=O) groups is 5. The lowest BCUT2D eigenvalue weighted by atomic mass is 9.95. The maximum Gasteiger partial charge on any atom is 0.243 e. The van der Waals surface area contributed by atoms with E-state index in [4.69, 9.17) is 4.74 Å². The number of nitrogens with zero attached hydrogens (tertiary/aromatic N) is 1. The van der Waals surface area contributed by atoms with Crippen molar-refractivity contribution in [3.8, 4) is 5.75 Å². The number of benzene rings is 1. The van der Waals surface area contributed by atoms with Gasteiger partial charge < -0.3 is 36.2 Å². The molecular weight excluding hydrogens is 564 g/mol. The lowest BCUT2D eigenvalue weighted by molar-refractivity contribution is -0.141. The van der Waals surface area contributed by atoms with Gasteiger partial charge in [0, 0.05) is 24.9 Å². The van der Waals surface area contributed by atoms with E-state index >= 15 is 0 Å². The standard InChI is InChI=1S/C32H50N6O6/c1-19(2)15-25-31(42)36-26(16-22-7-9-24(44-6)10-8-22)30(41)34-21(5)29(40)37-27(20(3)4)17-38(18-28(39)35-25)32(43)23-11-13-33-14-12-23/h7-10,19-21,23,25-27,33H,11-18H2,1-6H3,(H,34,41)(H,35,39)(H,36,42)(H,37,40)/t21-,25+,26+,27-/m1/s1. The Morgan fingerprint density at radius 1 is 0.886 bits per heavy atom. The lowest BCUT2D eigenvalue weighted by Gasteiger charge is -2.34. The van der Waals surface area contributed by atoms with E-state index in [1.165, 1.54) is 4.90 Å². The maximum atomic E-state index is 13.7. The number of nitrogens with one attached hydrogen (secondary N) is 5. The molecule has 12 nitrogen and oxygen atoms in total. The van der Waals surface area contributed by atoms with Gasteiger partial charge in [0.1, 0.15) is 23.9 Å². The molecule has 0 spiro atoms. The van der Waals surface area contributed by atoms with Crippen LogP contribution in [0.3, 0.4) is 0 Å². The number of rotatable bonds is 7. The molecule has 1 aromatic rings. The van der Waals surface area contributed by atoms with E-state index in [1.807, 2.05) is 27.7 Å². The first-order valence-electron chi connectivity index (χ1n) is 15.7. The molecule has 5 amide bonds. The molecule has 0 radical (unpaired) electrons. The molecular formula is C32H50N6O6. The van der Waals surface area contributed by atoms with Crippen molar-refractivity contribution in [2.45, 2.75) is 84.5 Å². The fourth-order valence-electron chi connectivity index (χ4n) is 5.50. The molecule has 12 heteroatoms. The van der Waals surface area contributed by atoms with Gasteiger partial charge in [-0.15, -0.1) is 0 Å². The average Bonchev–Trinajstić information content (AvgIpc) is 2.99. The summed E-state index contributed by atoms with van der Waals surface area (Å²) < 4.78 is 5.23. The summed E-state index contributed by atoms with van der Waals surface area (Å²) in [6.07, 6.45) is 1.81.